The summed E-state index contributed by atoms with van der Waals surface area (Å²) in [4.78, 5) is 45.9. The largest absolute Gasteiger partial charge is 0.390 e. The normalized spacial score (nSPS) is 26.7. The molecule has 2 amide bonds. The Bertz CT molecular complexity index is 1740. The topological polar surface area (TPSA) is 116 Å². The minimum Gasteiger partial charge on any atom is -0.390 e. The molecule has 4 fully saturated rings. The van der Waals surface area contributed by atoms with Crippen LogP contribution in [-0.4, -0.2) is 38.4 Å². The van der Waals surface area contributed by atoms with Crippen molar-refractivity contribution in [2.75, 3.05) is 0 Å². The van der Waals surface area contributed by atoms with Crippen LogP contribution in [0.3, 0.4) is 0 Å². The van der Waals surface area contributed by atoms with Gasteiger partial charge < -0.3 is 20.7 Å². The number of aromatic nitrogens is 1. The van der Waals surface area contributed by atoms with Gasteiger partial charge in [-0.3, -0.25) is 14.4 Å². The molecule has 7 nitrogen and oxygen atoms in total. The van der Waals surface area contributed by atoms with Crippen LogP contribution in [0.1, 0.15) is 70.0 Å². The van der Waals surface area contributed by atoms with Gasteiger partial charge >= 0.3 is 0 Å². The number of H-pyrrole nitrogens is 1. The maximum absolute atomic E-state index is 14.8. The standard InChI is InChI=1S/C34H32ClN3O4/c35-25-10-11-26-28(14-25)37-18-27(31(26)39)30(20-4-2-1-3-5-20)38(33(41)22-8-6-21(7-9-22)32(36)40)29-23-12-19-13-24(29)17-34(42,15-19)16-23/h1-11,14,18-19,23-24,29-30,42H,12-13,15-17H2,(H2,36,40)(H,37,39)/t19?,23-,24-,29?,30?,34?/m1/s1. The van der Waals surface area contributed by atoms with E-state index in [2.05, 4.69) is 4.98 Å². The molecule has 1 heterocycles. The second kappa shape index (κ2) is 10.1. The number of fused-ring (bicyclic) bond motifs is 1. The first-order chi connectivity index (χ1) is 20.2. The first-order valence-corrected chi connectivity index (χ1v) is 14.9. The Morgan fingerprint density at radius 3 is 2.26 bits per heavy atom. The van der Waals surface area contributed by atoms with E-state index in [1.54, 1.807) is 48.7 Å². The highest BCUT2D eigenvalue weighted by atomic mass is 35.5. The van der Waals surface area contributed by atoms with Crippen molar-refractivity contribution in [1.29, 1.82) is 0 Å². The highest BCUT2D eigenvalue weighted by Gasteiger charge is 2.57. The van der Waals surface area contributed by atoms with Gasteiger partial charge in [-0.2, -0.15) is 0 Å². The van der Waals surface area contributed by atoms with Gasteiger partial charge in [0, 0.05) is 39.3 Å². The van der Waals surface area contributed by atoms with Gasteiger partial charge in [0.25, 0.3) is 5.91 Å². The molecule has 0 saturated heterocycles. The van der Waals surface area contributed by atoms with Gasteiger partial charge in [0.15, 0.2) is 5.43 Å². The number of hydrogen-bond acceptors (Lipinski definition) is 4. The van der Waals surface area contributed by atoms with E-state index in [-0.39, 0.29) is 29.2 Å². The van der Waals surface area contributed by atoms with Crippen LogP contribution < -0.4 is 11.2 Å². The maximum Gasteiger partial charge on any atom is 0.254 e. The van der Waals surface area contributed by atoms with E-state index >= 15 is 0 Å². The van der Waals surface area contributed by atoms with E-state index in [4.69, 9.17) is 17.3 Å². The van der Waals surface area contributed by atoms with E-state index in [0.717, 1.165) is 24.8 Å². The zero-order valence-corrected chi connectivity index (χ0v) is 23.8. The molecule has 1 unspecified atom stereocenters. The van der Waals surface area contributed by atoms with Crippen LogP contribution >= 0.6 is 11.6 Å². The molecule has 4 aliphatic carbocycles. The maximum atomic E-state index is 14.8. The van der Waals surface area contributed by atoms with Crippen LogP contribution in [0.15, 0.2) is 83.8 Å². The SMILES string of the molecule is NC(=O)c1ccc(C(=O)N(C(c2ccccc2)c2c[nH]c3cc(Cl)ccc3c2=O)C2[C@@H]3CC4C[C@@H]2CC(O)(C4)C3)cc1. The third kappa shape index (κ3) is 4.52. The van der Waals surface area contributed by atoms with Crippen molar-refractivity contribution in [1.82, 2.24) is 9.88 Å². The predicted molar refractivity (Wildman–Crippen MR) is 161 cm³/mol. The average Bonchev–Trinajstić information content (AvgIpc) is 2.96. The van der Waals surface area contributed by atoms with Crippen molar-refractivity contribution < 1.29 is 14.7 Å². The fraction of sp³-hybridized carbons (Fsp3) is 0.324. The smallest absolute Gasteiger partial charge is 0.254 e. The van der Waals surface area contributed by atoms with Crippen molar-refractivity contribution in [3.05, 3.63) is 116 Å². The van der Waals surface area contributed by atoms with Crippen LogP contribution in [0, 0.1) is 17.8 Å². The van der Waals surface area contributed by atoms with Crippen LogP contribution in [0.2, 0.25) is 5.02 Å². The third-order valence-electron chi connectivity index (χ3n) is 9.72. The minimum atomic E-state index is -0.688. The minimum absolute atomic E-state index is 0.111. The Morgan fingerprint density at radius 1 is 0.952 bits per heavy atom. The van der Waals surface area contributed by atoms with Crippen LogP contribution in [0.4, 0.5) is 0 Å². The van der Waals surface area contributed by atoms with Gasteiger partial charge in [-0.1, -0.05) is 41.9 Å². The quantitative estimate of drug-likeness (QED) is 0.281. The summed E-state index contributed by atoms with van der Waals surface area (Å²) in [7, 11) is 0. The van der Waals surface area contributed by atoms with Gasteiger partial charge in [-0.25, -0.2) is 0 Å². The molecular formula is C34H32ClN3O4. The molecule has 4 aromatic rings. The number of nitrogens with two attached hydrogens (primary N) is 1. The number of primary amides is 1. The molecule has 0 radical (unpaired) electrons. The molecule has 4 aliphatic rings. The van der Waals surface area contributed by atoms with E-state index in [0.29, 0.717) is 51.4 Å². The van der Waals surface area contributed by atoms with Crippen molar-refractivity contribution in [2.24, 2.45) is 23.5 Å². The Balaban J connectivity index is 1.43. The summed E-state index contributed by atoms with van der Waals surface area (Å²) >= 11 is 6.22. The lowest BCUT2D eigenvalue weighted by Crippen LogP contribution is -2.63. The molecule has 42 heavy (non-hydrogen) atoms. The Kier molecular flexibility index (Phi) is 6.48. The number of carbonyl (C=O) groups excluding carboxylic acids is 2. The lowest BCUT2D eigenvalue weighted by atomic mass is 9.51. The summed E-state index contributed by atoms with van der Waals surface area (Å²) in [5.41, 5.74) is 7.27. The van der Waals surface area contributed by atoms with E-state index in [1.165, 1.54) is 0 Å². The van der Waals surface area contributed by atoms with E-state index < -0.39 is 17.6 Å². The van der Waals surface area contributed by atoms with Crippen molar-refractivity contribution in [2.45, 2.75) is 49.8 Å². The summed E-state index contributed by atoms with van der Waals surface area (Å²) in [6.07, 6.45) is 5.71. The number of amides is 2. The molecule has 4 saturated carbocycles. The second-order valence-corrected chi connectivity index (χ2v) is 12.9. The molecule has 3 aromatic carbocycles. The molecule has 214 valence electrons. The van der Waals surface area contributed by atoms with Crippen LogP contribution in [0.5, 0.6) is 0 Å². The number of halogens is 1. The number of benzene rings is 3. The zero-order valence-electron chi connectivity index (χ0n) is 23.0. The number of hydrogen-bond donors (Lipinski definition) is 3. The number of carbonyl (C=O) groups is 2. The summed E-state index contributed by atoms with van der Waals surface area (Å²) < 4.78 is 0. The lowest BCUT2D eigenvalue weighted by molar-refractivity contribution is -0.157. The molecule has 3 atom stereocenters. The van der Waals surface area contributed by atoms with E-state index in [1.807, 2.05) is 35.2 Å². The van der Waals surface area contributed by atoms with Gasteiger partial charge in [0.2, 0.25) is 5.91 Å². The number of nitrogens with one attached hydrogen (secondary N) is 1. The third-order valence-corrected chi connectivity index (χ3v) is 9.96. The molecule has 8 heteroatoms. The lowest BCUT2D eigenvalue weighted by Gasteiger charge is -2.61. The van der Waals surface area contributed by atoms with Crippen molar-refractivity contribution in [3.63, 3.8) is 0 Å². The molecule has 0 spiro atoms. The number of aliphatic hydroxyl groups is 1. The monoisotopic (exact) mass is 581 g/mol. The summed E-state index contributed by atoms with van der Waals surface area (Å²) in [5.74, 6) is -0.121. The van der Waals surface area contributed by atoms with Gasteiger partial charge in [-0.15, -0.1) is 0 Å². The molecule has 4 N–H and O–H groups in total. The van der Waals surface area contributed by atoms with E-state index in [9.17, 15) is 19.5 Å². The summed E-state index contributed by atoms with van der Waals surface area (Å²) in [5, 5.41) is 12.4. The number of pyridine rings is 1. The summed E-state index contributed by atoms with van der Waals surface area (Å²) in [6.45, 7) is 0. The van der Waals surface area contributed by atoms with Crippen LogP contribution in [-0.2, 0) is 0 Å². The Hall–Kier alpha value is -3.94. The highest BCUT2D eigenvalue weighted by Crippen LogP contribution is 2.58. The van der Waals surface area contributed by atoms with Crippen LogP contribution in [0.25, 0.3) is 10.9 Å². The average molecular weight is 582 g/mol. The molecule has 4 bridgehead atoms. The van der Waals surface area contributed by atoms with Gasteiger partial charge in [-0.05, 0) is 97.9 Å². The number of rotatable bonds is 6. The molecule has 0 aliphatic heterocycles. The fourth-order valence-corrected chi connectivity index (χ4v) is 8.47. The first kappa shape index (κ1) is 26.9. The number of nitrogens with zero attached hydrogens (tertiary/aromatic N) is 1. The van der Waals surface area contributed by atoms with Gasteiger partial charge in [0.1, 0.15) is 0 Å². The van der Waals surface area contributed by atoms with Gasteiger partial charge in [0.05, 0.1) is 17.2 Å². The second-order valence-electron chi connectivity index (χ2n) is 12.4. The fourth-order valence-electron chi connectivity index (χ4n) is 8.30. The Labute approximate surface area is 248 Å². The molecule has 1 aromatic heterocycles. The first-order valence-electron chi connectivity index (χ1n) is 14.5. The predicted octanol–water partition coefficient (Wildman–Crippen LogP) is 5.45. The van der Waals surface area contributed by atoms with Crippen molar-refractivity contribution in [3.8, 4) is 0 Å². The number of aromatic amines is 1. The molecular weight excluding hydrogens is 550 g/mol. The van der Waals surface area contributed by atoms with Crippen molar-refractivity contribution >= 4 is 34.3 Å². The molecule has 8 rings (SSSR count). The highest BCUT2D eigenvalue weighted by molar-refractivity contribution is 6.31. The summed E-state index contributed by atoms with van der Waals surface area (Å²) in [6, 6.07) is 20.3. The Morgan fingerprint density at radius 2 is 1.62 bits per heavy atom. The zero-order chi connectivity index (χ0) is 29.2.